The third kappa shape index (κ3) is 4.40. The number of Topliss-reactive ketones (excluding diaryl/α,β-unsaturated/α-hetero) is 1. The van der Waals surface area contributed by atoms with Gasteiger partial charge in [0.1, 0.15) is 5.75 Å². The minimum atomic E-state index is -3.57. The molecule has 0 saturated carbocycles. The van der Waals surface area contributed by atoms with Crippen molar-refractivity contribution < 1.29 is 17.9 Å². The number of benzene rings is 2. The van der Waals surface area contributed by atoms with E-state index < -0.39 is 10.0 Å². The number of H-pyrrole nitrogens is 1. The van der Waals surface area contributed by atoms with E-state index in [-0.39, 0.29) is 16.6 Å². The lowest BCUT2D eigenvalue weighted by molar-refractivity contribution is 0.101. The lowest BCUT2D eigenvalue weighted by Crippen LogP contribution is -2.37. The number of ether oxygens (including phenoxy) is 1. The van der Waals surface area contributed by atoms with Crippen LogP contribution in [-0.2, 0) is 10.0 Å². The molecular weight excluding hydrogens is 414 g/mol. The number of hydrogen-bond acceptors (Lipinski definition) is 5. The number of aromatic amines is 1. The van der Waals surface area contributed by atoms with Gasteiger partial charge in [-0.3, -0.25) is 9.89 Å². The summed E-state index contributed by atoms with van der Waals surface area (Å²) < 4.78 is 32.7. The number of carbonyl (C=O) groups is 1. The van der Waals surface area contributed by atoms with Crippen LogP contribution < -0.4 is 4.74 Å². The van der Waals surface area contributed by atoms with Gasteiger partial charge >= 0.3 is 0 Å². The van der Waals surface area contributed by atoms with Crippen LogP contribution in [0.2, 0.25) is 0 Å². The fourth-order valence-corrected chi connectivity index (χ4v) is 5.36. The van der Waals surface area contributed by atoms with Crippen molar-refractivity contribution in [3.05, 3.63) is 65.9 Å². The largest absolute Gasteiger partial charge is 0.497 e. The summed E-state index contributed by atoms with van der Waals surface area (Å²) in [4.78, 5) is 11.6. The van der Waals surface area contributed by atoms with Crippen molar-refractivity contribution in [2.24, 2.45) is 0 Å². The summed E-state index contributed by atoms with van der Waals surface area (Å²) in [5.41, 5.74) is 3.33. The maximum Gasteiger partial charge on any atom is 0.243 e. The van der Waals surface area contributed by atoms with E-state index in [0.717, 1.165) is 22.7 Å². The first kappa shape index (κ1) is 21.3. The summed E-state index contributed by atoms with van der Waals surface area (Å²) in [6.45, 7) is 2.34. The summed E-state index contributed by atoms with van der Waals surface area (Å²) in [5.74, 6) is 0.910. The fraction of sp³-hybridized carbons (Fsp3) is 0.304. The van der Waals surface area contributed by atoms with Gasteiger partial charge in [0.05, 0.1) is 17.7 Å². The van der Waals surface area contributed by atoms with Gasteiger partial charge in [-0.15, -0.1) is 0 Å². The number of carbonyl (C=O) groups excluding carboxylic acids is 1. The van der Waals surface area contributed by atoms with E-state index in [2.05, 4.69) is 10.2 Å². The molecular formula is C23H25N3O4S. The topological polar surface area (TPSA) is 92.4 Å². The zero-order valence-electron chi connectivity index (χ0n) is 17.5. The van der Waals surface area contributed by atoms with Crippen LogP contribution in [0.4, 0.5) is 0 Å². The molecule has 0 bridgehead atoms. The number of hydrogen-bond donors (Lipinski definition) is 1. The van der Waals surface area contributed by atoms with Crippen molar-refractivity contribution in [3.8, 4) is 17.0 Å². The molecule has 0 aliphatic carbocycles. The number of ketones is 1. The Kier molecular flexibility index (Phi) is 5.93. The molecule has 1 fully saturated rings. The van der Waals surface area contributed by atoms with Crippen molar-refractivity contribution in [1.82, 2.24) is 14.5 Å². The minimum absolute atomic E-state index is 0.0855. The summed E-state index contributed by atoms with van der Waals surface area (Å²) in [5, 5.41) is 7.56. The van der Waals surface area contributed by atoms with Gasteiger partial charge in [0.2, 0.25) is 10.0 Å². The van der Waals surface area contributed by atoms with E-state index in [0.29, 0.717) is 31.5 Å². The summed E-state index contributed by atoms with van der Waals surface area (Å²) in [6, 6.07) is 15.9. The smallest absolute Gasteiger partial charge is 0.243 e. The highest BCUT2D eigenvalue weighted by atomic mass is 32.2. The van der Waals surface area contributed by atoms with Crippen LogP contribution in [0.15, 0.2) is 59.5 Å². The molecule has 0 unspecified atom stereocenters. The van der Waals surface area contributed by atoms with Crippen LogP contribution in [0, 0.1) is 0 Å². The molecule has 31 heavy (non-hydrogen) atoms. The monoisotopic (exact) mass is 439 g/mol. The van der Waals surface area contributed by atoms with E-state index >= 15 is 0 Å². The maximum atomic E-state index is 13.0. The maximum absolute atomic E-state index is 13.0. The van der Waals surface area contributed by atoms with Gasteiger partial charge < -0.3 is 4.74 Å². The molecule has 0 spiro atoms. The average Bonchev–Trinajstić information content (AvgIpc) is 3.30. The lowest BCUT2D eigenvalue weighted by Gasteiger charge is -2.30. The third-order valence-corrected chi connectivity index (χ3v) is 7.67. The van der Waals surface area contributed by atoms with Crippen molar-refractivity contribution in [2.45, 2.75) is 30.6 Å². The van der Waals surface area contributed by atoms with Crippen molar-refractivity contribution in [2.75, 3.05) is 20.2 Å². The first-order valence-electron chi connectivity index (χ1n) is 10.2. The number of aromatic nitrogens is 2. The van der Waals surface area contributed by atoms with Gasteiger partial charge in [-0.2, -0.15) is 9.40 Å². The van der Waals surface area contributed by atoms with Gasteiger partial charge in [-0.05, 0) is 50.1 Å². The SMILES string of the molecule is COc1cccc(-c2cc(C3CCN(S(=O)(=O)c4ccc(C(C)=O)cc4)CC3)[nH]n2)c1. The summed E-state index contributed by atoms with van der Waals surface area (Å²) in [7, 11) is -1.94. The zero-order chi connectivity index (χ0) is 22.0. The summed E-state index contributed by atoms with van der Waals surface area (Å²) >= 11 is 0. The second kappa shape index (κ2) is 8.64. The van der Waals surface area contributed by atoms with Crippen LogP contribution in [0.25, 0.3) is 11.3 Å². The Morgan fingerprint density at radius 2 is 1.81 bits per heavy atom. The second-order valence-electron chi connectivity index (χ2n) is 7.70. The third-order valence-electron chi connectivity index (χ3n) is 5.76. The Labute approximate surface area is 182 Å². The number of methoxy groups -OCH3 is 1. The molecule has 1 aliphatic rings. The predicted octanol–water partition coefficient (Wildman–Crippen LogP) is 3.86. The second-order valence-corrected chi connectivity index (χ2v) is 9.64. The Balaban J connectivity index is 1.44. The van der Waals surface area contributed by atoms with Crippen molar-refractivity contribution in [3.63, 3.8) is 0 Å². The quantitative estimate of drug-likeness (QED) is 0.589. The van der Waals surface area contributed by atoms with Gasteiger partial charge in [0.15, 0.2) is 5.78 Å². The zero-order valence-corrected chi connectivity index (χ0v) is 18.4. The number of piperidine rings is 1. The minimum Gasteiger partial charge on any atom is -0.497 e. The predicted molar refractivity (Wildman–Crippen MR) is 118 cm³/mol. The van der Waals surface area contributed by atoms with Crippen LogP contribution in [0.1, 0.15) is 41.7 Å². The number of nitrogens with one attached hydrogen (secondary N) is 1. The molecule has 2 aromatic carbocycles. The number of rotatable bonds is 6. The molecule has 7 nitrogen and oxygen atoms in total. The summed E-state index contributed by atoms with van der Waals surface area (Å²) in [6.07, 6.45) is 1.43. The molecule has 1 N–H and O–H groups in total. The molecule has 162 valence electrons. The number of sulfonamides is 1. The Morgan fingerprint density at radius 1 is 1.10 bits per heavy atom. The molecule has 1 saturated heterocycles. The molecule has 2 heterocycles. The number of nitrogens with zero attached hydrogens (tertiary/aromatic N) is 2. The average molecular weight is 440 g/mol. The van der Waals surface area contributed by atoms with Gasteiger partial charge in [0, 0.05) is 35.8 Å². The van der Waals surface area contributed by atoms with E-state index in [9.17, 15) is 13.2 Å². The van der Waals surface area contributed by atoms with Crippen LogP contribution in [0.3, 0.4) is 0 Å². The fourth-order valence-electron chi connectivity index (χ4n) is 3.89. The van der Waals surface area contributed by atoms with Crippen LogP contribution in [-0.4, -0.2) is 48.9 Å². The Bertz CT molecular complexity index is 1180. The van der Waals surface area contributed by atoms with Crippen LogP contribution >= 0.6 is 0 Å². The molecule has 4 rings (SSSR count). The molecule has 3 aromatic rings. The molecule has 8 heteroatoms. The highest BCUT2D eigenvalue weighted by Crippen LogP contribution is 2.32. The first-order valence-corrected chi connectivity index (χ1v) is 11.6. The van der Waals surface area contributed by atoms with Crippen LogP contribution in [0.5, 0.6) is 5.75 Å². The van der Waals surface area contributed by atoms with Gasteiger partial charge in [-0.25, -0.2) is 8.42 Å². The Morgan fingerprint density at radius 3 is 2.45 bits per heavy atom. The molecule has 1 aliphatic heterocycles. The van der Waals surface area contributed by atoms with Crippen molar-refractivity contribution in [1.29, 1.82) is 0 Å². The van der Waals surface area contributed by atoms with E-state index in [1.54, 1.807) is 19.2 Å². The highest BCUT2D eigenvalue weighted by Gasteiger charge is 2.30. The molecule has 1 aromatic heterocycles. The van der Waals surface area contributed by atoms with E-state index in [4.69, 9.17) is 4.74 Å². The highest BCUT2D eigenvalue weighted by molar-refractivity contribution is 7.89. The van der Waals surface area contributed by atoms with Gasteiger partial charge in [-0.1, -0.05) is 24.3 Å². The van der Waals surface area contributed by atoms with Crippen molar-refractivity contribution >= 4 is 15.8 Å². The lowest BCUT2D eigenvalue weighted by atomic mass is 9.94. The first-order chi connectivity index (χ1) is 14.9. The van der Waals surface area contributed by atoms with E-state index in [1.165, 1.54) is 23.4 Å². The molecule has 0 radical (unpaired) electrons. The molecule has 0 amide bonds. The molecule has 0 atom stereocenters. The Hall–Kier alpha value is -2.97. The van der Waals surface area contributed by atoms with E-state index in [1.807, 2.05) is 30.3 Å². The van der Waals surface area contributed by atoms with Gasteiger partial charge in [0.25, 0.3) is 0 Å². The standard InChI is InChI=1S/C23H25N3O4S/c1-16(27)17-6-8-21(9-7-17)31(28,29)26-12-10-18(11-13-26)22-15-23(25-24-22)19-4-3-5-20(14-19)30-2/h3-9,14-15,18H,10-13H2,1-2H3,(H,24,25). The normalized spacial score (nSPS) is 15.7.